The predicted molar refractivity (Wildman–Crippen MR) is 80.0 cm³/mol. The molecule has 2 aromatic heterocycles. The molecule has 2 aromatic rings. The van der Waals surface area contributed by atoms with Gasteiger partial charge in [-0.3, -0.25) is 0 Å². The maximum atomic E-state index is 4.61. The van der Waals surface area contributed by atoms with E-state index in [0.717, 1.165) is 41.6 Å². The highest BCUT2D eigenvalue weighted by Gasteiger charge is 2.39. The van der Waals surface area contributed by atoms with Crippen molar-refractivity contribution in [1.82, 2.24) is 14.4 Å². The van der Waals surface area contributed by atoms with Gasteiger partial charge in [-0.25, -0.2) is 9.97 Å². The highest BCUT2D eigenvalue weighted by Crippen LogP contribution is 2.48. The van der Waals surface area contributed by atoms with Crippen LogP contribution in [0, 0.1) is 17.8 Å². The zero-order valence-corrected chi connectivity index (χ0v) is 11.8. The van der Waals surface area contributed by atoms with Crippen molar-refractivity contribution in [3.05, 3.63) is 18.6 Å². The maximum absolute atomic E-state index is 4.61. The van der Waals surface area contributed by atoms with Crippen LogP contribution < -0.4 is 10.6 Å². The normalized spacial score (nSPS) is 28.1. The molecule has 0 saturated heterocycles. The van der Waals surface area contributed by atoms with E-state index in [0.29, 0.717) is 0 Å². The second kappa shape index (κ2) is 4.65. The summed E-state index contributed by atoms with van der Waals surface area (Å²) >= 11 is 0. The van der Waals surface area contributed by atoms with Gasteiger partial charge in [0, 0.05) is 26.0 Å². The van der Waals surface area contributed by atoms with Crippen LogP contribution in [0.3, 0.4) is 0 Å². The third kappa shape index (κ3) is 1.92. The van der Waals surface area contributed by atoms with Crippen LogP contribution in [0.1, 0.15) is 25.7 Å². The summed E-state index contributed by atoms with van der Waals surface area (Å²) < 4.78 is 2.02. The van der Waals surface area contributed by atoms with Crippen LogP contribution in [-0.2, 0) is 0 Å². The molecule has 20 heavy (non-hydrogen) atoms. The first-order valence-electron chi connectivity index (χ1n) is 7.59. The van der Waals surface area contributed by atoms with Gasteiger partial charge < -0.3 is 15.0 Å². The molecule has 2 fully saturated rings. The number of nitrogens with zero attached hydrogens (tertiary/aromatic N) is 3. The van der Waals surface area contributed by atoms with E-state index in [2.05, 4.69) is 20.6 Å². The fourth-order valence-electron chi connectivity index (χ4n) is 4.02. The standard InChI is InChI=1S/C15H21N5/c1-16-13-9-20-5-4-17-15(20)14(19-13)18-8-12-7-10-2-3-11(12)6-10/h4-5,9-12,16H,2-3,6-8H2,1H3,(H,18,19). The molecule has 2 heterocycles. The van der Waals surface area contributed by atoms with Gasteiger partial charge in [0.05, 0.1) is 6.20 Å². The number of anilines is 2. The van der Waals surface area contributed by atoms with Gasteiger partial charge in [-0.1, -0.05) is 6.42 Å². The van der Waals surface area contributed by atoms with Crippen LogP contribution >= 0.6 is 0 Å². The van der Waals surface area contributed by atoms with E-state index >= 15 is 0 Å². The van der Waals surface area contributed by atoms with Crippen LogP contribution in [0.4, 0.5) is 11.6 Å². The number of rotatable bonds is 4. The van der Waals surface area contributed by atoms with E-state index < -0.39 is 0 Å². The van der Waals surface area contributed by atoms with E-state index in [1.165, 1.54) is 25.7 Å². The van der Waals surface area contributed by atoms with E-state index in [4.69, 9.17) is 0 Å². The minimum Gasteiger partial charge on any atom is -0.372 e. The molecule has 0 radical (unpaired) electrons. The lowest BCUT2D eigenvalue weighted by atomic mass is 9.89. The van der Waals surface area contributed by atoms with E-state index in [-0.39, 0.29) is 0 Å². The summed E-state index contributed by atoms with van der Waals surface area (Å²) in [5, 5.41) is 6.65. The second-order valence-electron chi connectivity index (χ2n) is 6.20. The van der Waals surface area contributed by atoms with Crippen molar-refractivity contribution >= 4 is 17.3 Å². The lowest BCUT2D eigenvalue weighted by Crippen LogP contribution is -2.21. The van der Waals surface area contributed by atoms with Gasteiger partial charge in [0.2, 0.25) is 0 Å². The summed E-state index contributed by atoms with van der Waals surface area (Å²) in [6.07, 6.45) is 11.5. The van der Waals surface area contributed by atoms with Crippen LogP contribution in [0.2, 0.25) is 0 Å². The molecular weight excluding hydrogens is 250 g/mol. The van der Waals surface area contributed by atoms with Gasteiger partial charge in [0.1, 0.15) is 5.82 Å². The SMILES string of the molecule is CNc1cn2ccnc2c(NCC2CC3CCC2C3)n1. The topological polar surface area (TPSA) is 54.2 Å². The van der Waals surface area contributed by atoms with Crippen molar-refractivity contribution in [2.24, 2.45) is 17.8 Å². The van der Waals surface area contributed by atoms with Gasteiger partial charge in [-0.2, -0.15) is 0 Å². The van der Waals surface area contributed by atoms with Crippen molar-refractivity contribution < 1.29 is 0 Å². The third-order valence-corrected chi connectivity index (χ3v) is 5.05. The average molecular weight is 271 g/mol. The molecule has 3 atom stereocenters. The van der Waals surface area contributed by atoms with Gasteiger partial charge in [0.25, 0.3) is 0 Å². The number of hydrogen-bond donors (Lipinski definition) is 2. The van der Waals surface area contributed by atoms with Crippen molar-refractivity contribution in [2.45, 2.75) is 25.7 Å². The quantitative estimate of drug-likeness (QED) is 0.897. The summed E-state index contributed by atoms with van der Waals surface area (Å²) in [5.74, 6) is 4.52. The Labute approximate surface area is 118 Å². The monoisotopic (exact) mass is 271 g/mol. The lowest BCUT2D eigenvalue weighted by molar-refractivity contribution is 0.348. The number of hydrogen-bond acceptors (Lipinski definition) is 4. The highest BCUT2D eigenvalue weighted by atomic mass is 15.1. The minimum absolute atomic E-state index is 0.823. The zero-order valence-electron chi connectivity index (χ0n) is 11.8. The fourth-order valence-corrected chi connectivity index (χ4v) is 4.02. The number of aromatic nitrogens is 3. The summed E-state index contributed by atoms with van der Waals surface area (Å²) in [5.41, 5.74) is 0.909. The molecule has 5 nitrogen and oxygen atoms in total. The van der Waals surface area contributed by atoms with E-state index in [1.807, 2.05) is 30.0 Å². The number of imidazole rings is 1. The first-order valence-corrected chi connectivity index (χ1v) is 7.59. The number of nitrogens with one attached hydrogen (secondary N) is 2. The summed E-state index contributed by atoms with van der Waals surface area (Å²) in [4.78, 5) is 9.01. The van der Waals surface area contributed by atoms with Crippen LogP contribution in [0.5, 0.6) is 0 Å². The summed E-state index contributed by atoms with van der Waals surface area (Å²) in [7, 11) is 1.89. The zero-order chi connectivity index (χ0) is 13.5. The molecule has 106 valence electrons. The predicted octanol–water partition coefficient (Wildman–Crippen LogP) is 2.62. The van der Waals surface area contributed by atoms with Crippen molar-refractivity contribution in [2.75, 3.05) is 24.2 Å². The minimum atomic E-state index is 0.823. The van der Waals surface area contributed by atoms with Gasteiger partial charge >= 0.3 is 0 Å². The van der Waals surface area contributed by atoms with Gasteiger partial charge in [0.15, 0.2) is 11.5 Å². The Kier molecular flexibility index (Phi) is 2.79. The van der Waals surface area contributed by atoms with Gasteiger partial charge in [-0.15, -0.1) is 0 Å². The molecular formula is C15H21N5. The molecule has 0 amide bonds. The van der Waals surface area contributed by atoms with Crippen molar-refractivity contribution in [1.29, 1.82) is 0 Å². The molecule has 2 saturated carbocycles. The fraction of sp³-hybridized carbons (Fsp3) is 0.600. The van der Waals surface area contributed by atoms with Crippen molar-refractivity contribution in [3.63, 3.8) is 0 Å². The average Bonchev–Trinajstić information content (AvgIpc) is 3.19. The molecule has 2 bridgehead atoms. The maximum Gasteiger partial charge on any atom is 0.180 e. The van der Waals surface area contributed by atoms with E-state index in [1.54, 1.807) is 0 Å². The van der Waals surface area contributed by atoms with Crippen molar-refractivity contribution in [3.8, 4) is 0 Å². The highest BCUT2D eigenvalue weighted by molar-refractivity contribution is 5.65. The number of fused-ring (bicyclic) bond motifs is 3. The second-order valence-corrected chi connectivity index (χ2v) is 6.20. The molecule has 0 spiro atoms. The Bertz CT molecular complexity index is 620. The molecule has 0 aromatic carbocycles. The summed E-state index contributed by atoms with van der Waals surface area (Å²) in [6, 6.07) is 0. The Morgan fingerprint density at radius 2 is 2.30 bits per heavy atom. The molecule has 2 aliphatic rings. The first-order chi connectivity index (χ1) is 9.83. The largest absolute Gasteiger partial charge is 0.372 e. The molecule has 3 unspecified atom stereocenters. The summed E-state index contributed by atoms with van der Waals surface area (Å²) in [6.45, 7) is 1.03. The third-order valence-electron chi connectivity index (χ3n) is 5.05. The van der Waals surface area contributed by atoms with E-state index in [9.17, 15) is 0 Å². The van der Waals surface area contributed by atoms with Gasteiger partial charge in [-0.05, 0) is 37.0 Å². The Hall–Kier alpha value is -1.78. The molecule has 2 aliphatic carbocycles. The Morgan fingerprint density at radius 3 is 3.05 bits per heavy atom. The van der Waals surface area contributed by atoms with Crippen LogP contribution in [-0.4, -0.2) is 28.0 Å². The smallest absolute Gasteiger partial charge is 0.180 e. The Balaban J connectivity index is 1.54. The van der Waals surface area contributed by atoms with Crippen LogP contribution in [0.15, 0.2) is 18.6 Å². The molecule has 0 aliphatic heterocycles. The van der Waals surface area contributed by atoms with Crippen LogP contribution in [0.25, 0.3) is 5.65 Å². The Morgan fingerprint density at radius 1 is 1.35 bits per heavy atom. The molecule has 5 heteroatoms. The first kappa shape index (κ1) is 12.0. The molecule has 4 rings (SSSR count). The molecule has 2 N–H and O–H groups in total. The lowest BCUT2D eigenvalue weighted by Gasteiger charge is -2.22.